The van der Waals surface area contributed by atoms with Crippen LogP contribution in [0.4, 0.5) is 11.4 Å². The maximum absolute atomic E-state index is 12.5. The average Bonchev–Trinajstić information content (AvgIpc) is 2.83. The molecular formula is C25H27N3O4S2. The van der Waals surface area contributed by atoms with E-state index in [4.69, 9.17) is 17.0 Å². The molecule has 3 aromatic carbocycles. The van der Waals surface area contributed by atoms with Crippen LogP contribution >= 0.6 is 12.2 Å². The first kappa shape index (κ1) is 25.2. The van der Waals surface area contributed by atoms with Gasteiger partial charge >= 0.3 is 0 Å². The fourth-order valence-electron chi connectivity index (χ4n) is 3.02. The Kier molecular flexibility index (Phi) is 9.00. The lowest BCUT2D eigenvalue weighted by Crippen LogP contribution is -2.34. The van der Waals surface area contributed by atoms with Crippen LogP contribution in [0.1, 0.15) is 36.5 Å². The molecule has 0 bridgehead atoms. The number of carbonyl (C=O) groups excluding carboxylic acids is 1. The summed E-state index contributed by atoms with van der Waals surface area (Å²) in [6, 6.07) is 21.5. The monoisotopic (exact) mass is 497 g/mol. The third kappa shape index (κ3) is 7.57. The van der Waals surface area contributed by atoms with Crippen molar-refractivity contribution in [3.05, 3.63) is 84.4 Å². The molecule has 0 atom stereocenters. The number of sulfonamides is 1. The summed E-state index contributed by atoms with van der Waals surface area (Å²) >= 11 is 5.21. The predicted molar refractivity (Wildman–Crippen MR) is 139 cm³/mol. The number of nitrogens with one attached hydrogen (secondary N) is 3. The molecule has 0 aromatic heterocycles. The van der Waals surface area contributed by atoms with Crippen molar-refractivity contribution in [2.24, 2.45) is 0 Å². The second-order valence-electron chi connectivity index (χ2n) is 7.48. The van der Waals surface area contributed by atoms with Crippen molar-refractivity contribution in [3.63, 3.8) is 0 Å². The molecule has 0 saturated heterocycles. The number of para-hydroxylation sites is 1. The van der Waals surface area contributed by atoms with Crippen LogP contribution in [0, 0.1) is 0 Å². The molecule has 9 heteroatoms. The standard InChI is InChI=1S/C25H27N3O4S2/c1-2-3-7-18-32-22-14-10-19(11-15-22)24(29)27-25(33)26-20-12-16-23(17-13-20)34(30,31)28-21-8-5-4-6-9-21/h4-6,8-17,28H,2-3,7,18H2,1H3,(H2,26,27,29,33). The summed E-state index contributed by atoms with van der Waals surface area (Å²) in [5.74, 6) is 0.353. The lowest BCUT2D eigenvalue weighted by atomic mass is 10.2. The Balaban J connectivity index is 1.52. The number of thiocarbonyl (C=S) groups is 1. The van der Waals surface area contributed by atoms with Gasteiger partial charge in [-0.25, -0.2) is 8.42 Å². The van der Waals surface area contributed by atoms with Crippen LogP contribution in [0.5, 0.6) is 5.75 Å². The van der Waals surface area contributed by atoms with Crippen molar-refractivity contribution >= 4 is 44.6 Å². The van der Waals surface area contributed by atoms with Crippen molar-refractivity contribution in [1.29, 1.82) is 0 Å². The molecule has 0 aliphatic rings. The van der Waals surface area contributed by atoms with E-state index in [0.717, 1.165) is 19.3 Å². The highest BCUT2D eigenvalue weighted by molar-refractivity contribution is 7.92. The molecule has 34 heavy (non-hydrogen) atoms. The maximum atomic E-state index is 12.5. The van der Waals surface area contributed by atoms with Crippen molar-refractivity contribution in [2.75, 3.05) is 16.6 Å². The Morgan fingerprint density at radius 2 is 1.56 bits per heavy atom. The number of anilines is 2. The number of ether oxygens (including phenoxy) is 1. The zero-order valence-corrected chi connectivity index (χ0v) is 20.4. The summed E-state index contributed by atoms with van der Waals surface area (Å²) in [5.41, 5.74) is 1.46. The van der Waals surface area contributed by atoms with E-state index in [1.54, 1.807) is 66.7 Å². The molecule has 0 aliphatic heterocycles. The van der Waals surface area contributed by atoms with Crippen LogP contribution in [-0.2, 0) is 10.0 Å². The maximum Gasteiger partial charge on any atom is 0.261 e. The number of hydrogen-bond donors (Lipinski definition) is 3. The topological polar surface area (TPSA) is 96.5 Å². The SMILES string of the molecule is CCCCCOc1ccc(C(=O)NC(=S)Nc2ccc(S(=O)(=O)Nc3ccccc3)cc2)cc1. The predicted octanol–water partition coefficient (Wildman–Crippen LogP) is 5.18. The van der Waals surface area contributed by atoms with E-state index in [2.05, 4.69) is 22.3 Å². The average molecular weight is 498 g/mol. The van der Waals surface area contributed by atoms with Gasteiger partial charge in [-0.15, -0.1) is 0 Å². The number of carbonyl (C=O) groups is 1. The third-order valence-electron chi connectivity index (χ3n) is 4.81. The Morgan fingerprint density at radius 1 is 0.882 bits per heavy atom. The van der Waals surface area contributed by atoms with E-state index in [9.17, 15) is 13.2 Å². The summed E-state index contributed by atoms with van der Waals surface area (Å²) < 4.78 is 33.2. The van der Waals surface area contributed by atoms with E-state index in [0.29, 0.717) is 29.3 Å². The van der Waals surface area contributed by atoms with Crippen molar-refractivity contribution in [3.8, 4) is 5.75 Å². The van der Waals surface area contributed by atoms with Crippen LogP contribution in [0.2, 0.25) is 0 Å². The van der Waals surface area contributed by atoms with E-state index in [1.165, 1.54) is 12.1 Å². The minimum Gasteiger partial charge on any atom is -0.494 e. The summed E-state index contributed by atoms with van der Waals surface area (Å²) in [6.07, 6.45) is 3.24. The van der Waals surface area contributed by atoms with E-state index < -0.39 is 10.0 Å². The lowest BCUT2D eigenvalue weighted by molar-refractivity contribution is 0.0977. The Labute approximate surface area is 205 Å². The number of amides is 1. The first-order valence-electron chi connectivity index (χ1n) is 10.9. The first-order valence-corrected chi connectivity index (χ1v) is 12.8. The molecule has 0 unspecified atom stereocenters. The van der Waals surface area contributed by atoms with Gasteiger partial charge in [0.1, 0.15) is 5.75 Å². The Hall–Kier alpha value is -3.43. The van der Waals surface area contributed by atoms with Gasteiger partial charge in [0.2, 0.25) is 0 Å². The molecule has 0 fully saturated rings. The van der Waals surface area contributed by atoms with Crippen molar-refractivity contribution in [2.45, 2.75) is 31.1 Å². The Bertz CT molecular complexity index is 1200. The number of unbranched alkanes of at least 4 members (excludes halogenated alkanes) is 2. The van der Waals surface area contributed by atoms with Gasteiger partial charge < -0.3 is 10.1 Å². The van der Waals surface area contributed by atoms with Crippen LogP contribution in [0.25, 0.3) is 0 Å². The lowest BCUT2D eigenvalue weighted by Gasteiger charge is -2.12. The van der Waals surface area contributed by atoms with E-state index >= 15 is 0 Å². The van der Waals surface area contributed by atoms with Crippen LogP contribution in [-0.4, -0.2) is 26.0 Å². The second kappa shape index (κ2) is 12.2. The summed E-state index contributed by atoms with van der Waals surface area (Å²) in [6.45, 7) is 2.78. The molecule has 1 amide bonds. The summed E-state index contributed by atoms with van der Waals surface area (Å²) in [7, 11) is -3.72. The molecule has 0 heterocycles. The van der Waals surface area contributed by atoms with Gasteiger partial charge in [-0.1, -0.05) is 38.0 Å². The van der Waals surface area contributed by atoms with Gasteiger partial charge in [-0.05, 0) is 79.3 Å². The summed E-state index contributed by atoms with van der Waals surface area (Å²) in [4.78, 5) is 12.6. The smallest absolute Gasteiger partial charge is 0.261 e. The van der Waals surface area contributed by atoms with Crippen LogP contribution in [0.3, 0.4) is 0 Å². The Morgan fingerprint density at radius 3 is 2.21 bits per heavy atom. The van der Waals surface area contributed by atoms with Crippen LogP contribution in [0.15, 0.2) is 83.8 Å². The molecule has 178 valence electrons. The molecule has 0 saturated carbocycles. The molecule has 0 spiro atoms. The number of hydrogen-bond acceptors (Lipinski definition) is 5. The van der Waals surface area contributed by atoms with E-state index in [-0.39, 0.29) is 15.9 Å². The second-order valence-corrected chi connectivity index (χ2v) is 9.57. The molecular weight excluding hydrogens is 470 g/mol. The van der Waals surface area contributed by atoms with Crippen molar-refractivity contribution in [1.82, 2.24) is 5.32 Å². The highest BCUT2D eigenvalue weighted by Gasteiger charge is 2.14. The van der Waals surface area contributed by atoms with Crippen molar-refractivity contribution < 1.29 is 17.9 Å². The molecule has 3 rings (SSSR count). The highest BCUT2D eigenvalue weighted by Crippen LogP contribution is 2.18. The normalized spacial score (nSPS) is 10.9. The first-order chi connectivity index (χ1) is 16.4. The van der Waals surface area contributed by atoms with Gasteiger partial charge in [0.05, 0.1) is 11.5 Å². The zero-order chi connectivity index (χ0) is 24.4. The minimum absolute atomic E-state index is 0.0999. The van der Waals surface area contributed by atoms with Crippen LogP contribution < -0.4 is 20.1 Å². The highest BCUT2D eigenvalue weighted by atomic mass is 32.2. The molecule has 0 radical (unpaired) electrons. The summed E-state index contributed by atoms with van der Waals surface area (Å²) in [5, 5.41) is 5.59. The molecule has 3 aromatic rings. The van der Waals surface area contributed by atoms with Gasteiger partial charge in [-0.2, -0.15) is 0 Å². The zero-order valence-electron chi connectivity index (χ0n) is 18.8. The third-order valence-corrected chi connectivity index (χ3v) is 6.41. The molecule has 0 aliphatic carbocycles. The number of benzene rings is 3. The fourth-order valence-corrected chi connectivity index (χ4v) is 4.29. The van der Waals surface area contributed by atoms with Gasteiger partial charge in [-0.3, -0.25) is 14.8 Å². The van der Waals surface area contributed by atoms with Gasteiger partial charge in [0, 0.05) is 16.9 Å². The molecule has 7 nitrogen and oxygen atoms in total. The number of rotatable bonds is 10. The van der Waals surface area contributed by atoms with Gasteiger partial charge in [0.15, 0.2) is 5.11 Å². The minimum atomic E-state index is -3.72. The largest absolute Gasteiger partial charge is 0.494 e. The van der Waals surface area contributed by atoms with E-state index in [1.807, 2.05) is 0 Å². The fraction of sp³-hybridized carbons (Fsp3) is 0.200. The quantitative estimate of drug-likeness (QED) is 0.264. The van der Waals surface area contributed by atoms with Gasteiger partial charge in [0.25, 0.3) is 15.9 Å². The molecule has 3 N–H and O–H groups in total.